The van der Waals surface area contributed by atoms with Crippen LogP contribution in [0.15, 0.2) is 52.3 Å². The number of carboxylic acids is 2. The summed E-state index contributed by atoms with van der Waals surface area (Å²) in [5.74, 6) is -1.97. The Labute approximate surface area is 91.2 Å². The fourth-order valence-electron chi connectivity index (χ4n) is 1.57. The molecule has 4 nitrogen and oxygen atoms in total. The molecule has 0 radical (unpaired) electrons. The van der Waals surface area contributed by atoms with Gasteiger partial charge in [0.1, 0.15) is 0 Å². The molecule has 0 amide bonds. The first-order chi connectivity index (χ1) is 7.58. The van der Waals surface area contributed by atoms with Crippen LogP contribution in [0.1, 0.15) is 6.42 Å². The van der Waals surface area contributed by atoms with E-state index in [4.69, 9.17) is 10.2 Å². The van der Waals surface area contributed by atoms with Crippen LogP contribution in [-0.2, 0) is 9.59 Å². The predicted octanol–water partition coefficient (Wildman–Crippen LogP) is 1.43. The highest BCUT2D eigenvalue weighted by molar-refractivity contribution is 5.92. The van der Waals surface area contributed by atoms with Crippen LogP contribution in [0.2, 0.25) is 0 Å². The molecule has 0 spiro atoms. The zero-order valence-corrected chi connectivity index (χ0v) is 8.23. The predicted molar refractivity (Wildman–Crippen MR) is 55.7 cm³/mol. The molecule has 0 heterocycles. The molecule has 0 bridgehead atoms. The molecule has 2 N–H and O–H groups in total. The van der Waals surface area contributed by atoms with Gasteiger partial charge in [0.05, 0.1) is 5.57 Å². The molecule has 80 valence electrons. The summed E-state index contributed by atoms with van der Waals surface area (Å²) in [6, 6.07) is 0. The van der Waals surface area contributed by atoms with Gasteiger partial charge < -0.3 is 10.2 Å². The summed E-state index contributed by atoms with van der Waals surface area (Å²) in [6.45, 7) is 0. The number of allylic oxidation sites excluding steroid dienone is 4. The lowest BCUT2D eigenvalue weighted by Crippen LogP contribution is -1.97. The monoisotopic (exact) mass is 216 g/mol. The molecule has 0 unspecified atom stereocenters. The normalized spacial score (nSPS) is 17.8. The van der Waals surface area contributed by atoms with Crippen LogP contribution in [-0.4, -0.2) is 22.2 Å². The Kier molecular flexibility index (Phi) is 2.35. The van der Waals surface area contributed by atoms with Gasteiger partial charge in [0, 0.05) is 17.6 Å². The van der Waals surface area contributed by atoms with E-state index in [1.54, 1.807) is 6.08 Å². The summed E-state index contributed by atoms with van der Waals surface area (Å²) < 4.78 is 0. The molecule has 0 saturated heterocycles. The third kappa shape index (κ3) is 1.74. The maximum Gasteiger partial charge on any atom is 0.336 e. The lowest BCUT2D eigenvalue weighted by Gasteiger charge is -1.94. The van der Waals surface area contributed by atoms with Crippen molar-refractivity contribution in [2.75, 3.05) is 0 Å². The topological polar surface area (TPSA) is 74.6 Å². The van der Waals surface area contributed by atoms with Gasteiger partial charge in [-0.1, -0.05) is 6.08 Å². The van der Waals surface area contributed by atoms with Crippen molar-refractivity contribution in [3.05, 3.63) is 52.3 Å². The summed E-state index contributed by atoms with van der Waals surface area (Å²) >= 11 is 0. The minimum Gasteiger partial charge on any atom is -0.478 e. The van der Waals surface area contributed by atoms with Crippen molar-refractivity contribution in [2.45, 2.75) is 6.42 Å². The van der Waals surface area contributed by atoms with E-state index in [0.29, 0.717) is 17.6 Å². The van der Waals surface area contributed by atoms with E-state index in [-0.39, 0.29) is 5.57 Å². The van der Waals surface area contributed by atoms with E-state index in [1.807, 2.05) is 0 Å². The Bertz CT molecular complexity index is 537. The van der Waals surface area contributed by atoms with Crippen LogP contribution < -0.4 is 0 Å². The zero-order chi connectivity index (χ0) is 11.7. The van der Waals surface area contributed by atoms with Gasteiger partial charge in [-0.3, -0.25) is 0 Å². The van der Waals surface area contributed by atoms with Crippen molar-refractivity contribution in [1.29, 1.82) is 0 Å². The van der Waals surface area contributed by atoms with Crippen molar-refractivity contribution < 1.29 is 19.8 Å². The second-order valence-electron chi connectivity index (χ2n) is 3.47. The fraction of sp³-hybridized carbons (Fsp3) is 0.0833. The van der Waals surface area contributed by atoms with Crippen LogP contribution >= 0.6 is 0 Å². The van der Waals surface area contributed by atoms with E-state index < -0.39 is 11.9 Å². The van der Waals surface area contributed by atoms with E-state index in [1.165, 1.54) is 18.2 Å². The Morgan fingerprint density at radius 2 is 1.94 bits per heavy atom. The lowest BCUT2D eigenvalue weighted by molar-refractivity contribution is -0.133. The number of hydrogen-bond donors (Lipinski definition) is 2. The van der Waals surface area contributed by atoms with Gasteiger partial charge in [-0.05, 0) is 23.8 Å². The van der Waals surface area contributed by atoms with Gasteiger partial charge in [-0.2, -0.15) is 0 Å². The van der Waals surface area contributed by atoms with E-state index in [9.17, 15) is 9.59 Å². The Hall–Kier alpha value is -2.32. The van der Waals surface area contributed by atoms with Crippen LogP contribution in [0.25, 0.3) is 0 Å². The lowest BCUT2D eigenvalue weighted by atomic mass is 10.1. The summed E-state index contributed by atoms with van der Waals surface area (Å²) in [6.07, 6.45) is 6.26. The van der Waals surface area contributed by atoms with Crippen molar-refractivity contribution in [1.82, 2.24) is 0 Å². The second-order valence-corrected chi connectivity index (χ2v) is 3.47. The van der Waals surface area contributed by atoms with Crippen LogP contribution in [0, 0.1) is 0 Å². The summed E-state index contributed by atoms with van der Waals surface area (Å²) in [5.41, 5.74) is 4.66. The second kappa shape index (κ2) is 3.68. The molecule has 0 fully saturated rings. The minimum absolute atomic E-state index is 0.139. The van der Waals surface area contributed by atoms with Gasteiger partial charge in [0.2, 0.25) is 0 Å². The quantitative estimate of drug-likeness (QED) is 0.685. The SMILES string of the molecule is O=C(O)C1=CC=C2CC(C(=O)O)=CC2=C=C1. The first-order valence-corrected chi connectivity index (χ1v) is 4.63. The highest BCUT2D eigenvalue weighted by Crippen LogP contribution is 2.30. The van der Waals surface area contributed by atoms with Gasteiger partial charge in [0.15, 0.2) is 0 Å². The Balaban J connectivity index is 2.42. The van der Waals surface area contributed by atoms with E-state index in [0.717, 1.165) is 5.57 Å². The van der Waals surface area contributed by atoms with Crippen molar-refractivity contribution >= 4 is 11.9 Å². The highest BCUT2D eigenvalue weighted by atomic mass is 16.4. The van der Waals surface area contributed by atoms with Crippen LogP contribution in [0.3, 0.4) is 0 Å². The smallest absolute Gasteiger partial charge is 0.336 e. The van der Waals surface area contributed by atoms with Crippen molar-refractivity contribution in [3.8, 4) is 0 Å². The van der Waals surface area contributed by atoms with Gasteiger partial charge in [-0.25, -0.2) is 9.59 Å². The third-order valence-corrected chi connectivity index (χ3v) is 2.41. The van der Waals surface area contributed by atoms with Gasteiger partial charge in [0.25, 0.3) is 0 Å². The molecule has 2 aliphatic rings. The van der Waals surface area contributed by atoms with Gasteiger partial charge >= 0.3 is 11.9 Å². The fourth-order valence-corrected chi connectivity index (χ4v) is 1.57. The number of rotatable bonds is 2. The zero-order valence-electron chi connectivity index (χ0n) is 8.23. The Morgan fingerprint density at radius 1 is 1.19 bits per heavy atom. The largest absolute Gasteiger partial charge is 0.478 e. The average Bonchev–Trinajstić information content (AvgIpc) is 2.52. The maximum absolute atomic E-state index is 10.7. The molecular formula is C12H8O4. The number of hydrogen-bond acceptors (Lipinski definition) is 2. The summed E-state index contributed by atoms with van der Waals surface area (Å²) in [4.78, 5) is 21.5. The molecule has 0 aromatic heterocycles. The first kappa shape index (κ1) is 10.2. The number of carboxylic acid groups (broad SMARTS) is 2. The van der Waals surface area contributed by atoms with E-state index >= 15 is 0 Å². The highest BCUT2D eigenvalue weighted by Gasteiger charge is 2.20. The molecule has 0 saturated carbocycles. The Morgan fingerprint density at radius 3 is 2.56 bits per heavy atom. The van der Waals surface area contributed by atoms with E-state index in [2.05, 4.69) is 5.73 Å². The number of carbonyl (C=O) groups is 2. The van der Waals surface area contributed by atoms with Crippen LogP contribution in [0.5, 0.6) is 0 Å². The maximum atomic E-state index is 10.7. The molecule has 16 heavy (non-hydrogen) atoms. The minimum atomic E-state index is -1.02. The summed E-state index contributed by atoms with van der Waals surface area (Å²) in [5, 5.41) is 17.6. The molecule has 2 aliphatic carbocycles. The molecule has 0 aromatic carbocycles. The van der Waals surface area contributed by atoms with Crippen LogP contribution in [0.4, 0.5) is 0 Å². The van der Waals surface area contributed by atoms with Crippen molar-refractivity contribution in [3.63, 3.8) is 0 Å². The number of aliphatic carboxylic acids is 2. The standard InChI is InChI=1S/C12H8O4/c13-11(14)7-1-3-8-5-10(12(15)16)6-9(8)4-2-7/h1-3,6H,5H2,(H,13,14)(H,15,16). The molecule has 0 atom stereocenters. The molecule has 0 aromatic rings. The molecule has 2 rings (SSSR count). The molecular weight excluding hydrogens is 208 g/mol. The number of fused-ring (bicyclic) bond motifs is 1. The first-order valence-electron chi connectivity index (χ1n) is 4.63. The third-order valence-electron chi connectivity index (χ3n) is 2.41. The molecule has 4 heteroatoms. The van der Waals surface area contributed by atoms with Gasteiger partial charge in [-0.15, -0.1) is 5.73 Å². The average molecular weight is 216 g/mol. The summed E-state index contributed by atoms with van der Waals surface area (Å²) in [7, 11) is 0. The van der Waals surface area contributed by atoms with Crippen molar-refractivity contribution in [2.24, 2.45) is 0 Å². The molecule has 0 aliphatic heterocycles.